The molecule has 2 aliphatic rings. The average molecular weight is 497 g/mol. The van der Waals surface area contributed by atoms with Crippen LogP contribution in [0.1, 0.15) is 39.7 Å². The fourth-order valence-electron chi connectivity index (χ4n) is 4.44. The van der Waals surface area contributed by atoms with Crippen LogP contribution in [-0.4, -0.2) is 47.9 Å². The molecule has 1 aromatic heterocycles. The summed E-state index contributed by atoms with van der Waals surface area (Å²) in [5, 5.41) is 2.01. The largest absolute Gasteiger partial charge is 0.491 e. The van der Waals surface area contributed by atoms with Crippen LogP contribution >= 0.6 is 11.3 Å². The second-order valence-corrected chi connectivity index (χ2v) is 10.1. The van der Waals surface area contributed by atoms with Gasteiger partial charge in [-0.15, -0.1) is 11.3 Å². The quantitative estimate of drug-likeness (QED) is 0.437. The number of amides is 2. The number of rotatable bonds is 8. The van der Waals surface area contributed by atoms with Gasteiger partial charge in [0.15, 0.2) is 0 Å². The minimum atomic E-state index is -0.407. The third-order valence-corrected chi connectivity index (χ3v) is 7.51. The van der Waals surface area contributed by atoms with E-state index in [0.717, 1.165) is 24.8 Å². The van der Waals surface area contributed by atoms with Gasteiger partial charge in [0.05, 0.1) is 6.04 Å². The van der Waals surface area contributed by atoms with Gasteiger partial charge in [-0.1, -0.05) is 0 Å². The van der Waals surface area contributed by atoms with Crippen LogP contribution in [0.3, 0.4) is 0 Å². The SMILES string of the molecule is O=C(c1ccc(F)cc1)N(CC(=O)N1CCc2sccc2C1COc1ccc(F)cc1)CC1CC1. The van der Waals surface area contributed by atoms with Crippen molar-refractivity contribution < 1.29 is 23.1 Å². The summed E-state index contributed by atoms with van der Waals surface area (Å²) in [5.41, 5.74) is 1.42. The lowest BCUT2D eigenvalue weighted by Crippen LogP contribution is -2.48. The van der Waals surface area contributed by atoms with Crippen molar-refractivity contribution in [3.05, 3.63) is 87.6 Å². The molecule has 0 radical (unpaired) electrons. The van der Waals surface area contributed by atoms with Gasteiger partial charge in [0.1, 0.15) is 30.5 Å². The van der Waals surface area contributed by atoms with Crippen molar-refractivity contribution in [2.75, 3.05) is 26.2 Å². The van der Waals surface area contributed by atoms with E-state index < -0.39 is 5.82 Å². The van der Waals surface area contributed by atoms with Crippen molar-refractivity contribution in [2.24, 2.45) is 5.92 Å². The van der Waals surface area contributed by atoms with Gasteiger partial charge in [-0.2, -0.15) is 0 Å². The third-order valence-electron chi connectivity index (χ3n) is 6.52. The third kappa shape index (κ3) is 5.53. The molecule has 2 aromatic carbocycles. The van der Waals surface area contributed by atoms with E-state index in [4.69, 9.17) is 4.74 Å². The lowest BCUT2D eigenvalue weighted by Gasteiger charge is -2.37. The molecule has 8 heteroatoms. The van der Waals surface area contributed by atoms with Crippen LogP contribution in [0.15, 0.2) is 60.0 Å². The van der Waals surface area contributed by atoms with Crippen molar-refractivity contribution >= 4 is 23.2 Å². The fraction of sp³-hybridized carbons (Fsp3) is 0.333. The van der Waals surface area contributed by atoms with Crippen molar-refractivity contribution in [1.29, 1.82) is 0 Å². The van der Waals surface area contributed by atoms with Gasteiger partial charge < -0.3 is 14.5 Å². The maximum atomic E-state index is 13.6. The maximum Gasteiger partial charge on any atom is 0.254 e. The van der Waals surface area contributed by atoms with E-state index in [0.29, 0.717) is 30.3 Å². The highest BCUT2D eigenvalue weighted by Gasteiger charge is 2.35. The number of thiophene rings is 1. The lowest BCUT2D eigenvalue weighted by molar-refractivity contribution is -0.135. The first-order chi connectivity index (χ1) is 17.0. The van der Waals surface area contributed by atoms with E-state index in [2.05, 4.69) is 0 Å². The van der Waals surface area contributed by atoms with Crippen molar-refractivity contribution in [2.45, 2.75) is 25.3 Å². The maximum absolute atomic E-state index is 13.6. The van der Waals surface area contributed by atoms with E-state index in [9.17, 15) is 18.4 Å². The highest BCUT2D eigenvalue weighted by molar-refractivity contribution is 7.10. The smallest absolute Gasteiger partial charge is 0.254 e. The Kier molecular flexibility index (Phi) is 6.81. The molecular formula is C27H26F2N2O3S. The molecule has 1 aliphatic heterocycles. The predicted molar refractivity (Wildman–Crippen MR) is 129 cm³/mol. The summed E-state index contributed by atoms with van der Waals surface area (Å²) < 4.78 is 32.6. The Labute approximate surface area is 206 Å². The predicted octanol–water partition coefficient (Wildman–Crippen LogP) is 5.08. The molecule has 5 rings (SSSR count). The van der Waals surface area contributed by atoms with Crippen LogP contribution in [0.2, 0.25) is 0 Å². The zero-order valence-electron chi connectivity index (χ0n) is 19.2. The first kappa shape index (κ1) is 23.5. The minimum absolute atomic E-state index is 0.0424. The Morgan fingerprint density at radius 2 is 1.69 bits per heavy atom. The number of halogens is 2. The molecule has 0 bridgehead atoms. The van der Waals surface area contributed by atoms with Crippen molar-refractivity contribution in [3.63, 3.8) is 0 Å². The fourth-order valence-corrected chi connectivity index (χ4v) is 5.37. The molecule has 0 spiro atoms. The molecule has 2 heterocycles. The number of carbonyl (C=O) groups excluding carboxylic acids is 2. The Bertz CT molecular complexity index is 1190. The summed E-state index contributed by atoms with van der Waals surface area (Å²) in [4.78, 5) is 31.4. The van der Waals surface area contributed by atoms with E-state index in [-0.39, 0.29) is 36.8 Å². The number of ether oxygens (including phenoxy) is 1. The summed E-state index contributed by atoms with van der Waals surface area (Å²) >= 11 is 1.66. The Hall–Kier alpha value is -3.26. The van der Waals surface area contributed by atoms with E-state index in [1.807, 2.05) is 11.4 Å². The van der Waals surface area contributed by atoms with Gasteiger partial charge in [0.25, 0.3) is 5.91 Å². The highest BCUT2D eigenvalue weighted by Crippen LogP contribution is 2.35. The lowest BCUT2D eigenvalue weighted by atomic mass is 10.0. The second-order valence-electron chi connectivity index (χ2n) is 9.05. The van der Waals surface area contributed by atoms with E-state index in [1.165, 1.54) is 41.3 Å². The molecule has 1 saturated carbocycles. The Morgan fingerprint density at radius 3 is 2.37 bits per heavy atom. The molecule has 1 aliphatic carbocycles. The molecule has 35 heavy (non-hydrogen) atoms. The Morgan fingerprint density at radius 1 is 1.00 bits per heavy atom. The average Bonchev–Trinajstić information content (AvgIpc) is 3.55. The second kappa shape index (κ2) is 10.2. The van der Waals surface area contributed by atoms with E-state index in [1.54, 1.807) is 33.3 Å². The van der Waals surface area contributed by atoms with Gasteiger partial charge in [0, 0.05) is 23.5 Å². The summed E-state index contributed by atoms with van der Waals surface area (Å²) in [5.74, 6) is -0.232. The zero-order valence-corrected chi connectivity index (χ0v) is 20.0. The molecular weight excluding hydrogens is 470 g/mol. The molecule has 5 nitrogen and oxygen atoms in total. The molecule has 1 unspecified atom stereocenters. The van der Waals surface area contributed by atoms with Crippen molar-refractivity contribution in [1.82, 2.24) is 9.80 Å². The van der Waals surface area contributed by atoms with E-state index >= 15 is 0 Å². The van der Waals surface area contributed by atoms with Crippen molar-refractivity contribution in [3.8, 4) is 5.75 Å². The number of benzene rings is 2. The van der Waals surface area contributed by atoms with Crippen LogP contribution < -0.4 is 4.74 Å². The standard InChI is InChI=1S/C27H26F2N2O3S/c28-20-5-3-19(4-6-20)27(33)30(15-18-1-2-18)16-26(32)31-13-11-25-23(12-14-35-25)24(31)17-34-22-9-7-21(29)8-10-22/h3-10,12,14,18,24H,1-2,11,13,15-17H2. The van der Waals surface area contributed by atoms with Gasteiger partial charge in [0.2, 0.25) is 5.91 Å². The normalized spacial score (nSPS) is 17.1. The number of fused-ring (bicyclic) bond motifs is 1. The molecule has 1 atom stereocenters. The topological polar surface area (TPSA) is 49.9 Å². The number of nitrogens with zero attached hydrogens (tertiary/aromatic N) is 2. The van der Waals surface area contributed by atoms with Crippen LogP contribution in [0.5, 0.6) is 5.75 Å². The molecule has 1 fully saturated rings. The Balaban J connectivity index is 1.33. The molecule has 0 saturated heterocycles. The van der Waals surface area contributed by atoms with Gasteiger partial charge in [-0.05, 0) is 90.7 Å². The highest BCUT2D eigenvalue weighted by atomic mass is 32.1. The molecule has 182 valence electrons. The summed E-state index contributed by atoms with van der Waals surface area (Å²) in [6, 6.07) is 13.0. The molecule has 2 amide bonds. The number of hydrogen-bond acceptors (Lipinski definition) is 4. The van der Waals surface area contributed by atoms with Crippen LogP contribution in [0, 0.1) is 17.6 Å². The van der Waals surface area contributed by atoms with Gasteiger partial charge in [-0.25, -0.2) is 8.78 Å². The van der Waals surface area contributed by atoms with Crippen LogP contribution in [0.25, 0.3) is 0 Å². The number of hydrogen-bond donors (Lipinski definition) is 0. The van der Waals surface area contributed by atoms with Crippen LogP contribution in [0.4, 0.5) is 8.78 Å². The number of carbonyl (C=O) groups is 2. The first-order valence-corrected chi connectivity index (χ1v) is 12.6. The summed E-state index contributed by atoms with van der Waals surface area (Å²) in [6.07, 6.45) is 2.83. The monoisotopic (exact) mass is 496 g/mol. The minimum Gasteiger partial charge on any atom is -0.491 e. The summed E-state index contributed by atoms with van der Waals surface area (Å²) in [6.45, 7) is 1.23. The van der Waals surface area contributed by atoms with Gasteiger partial charge in [-0.3, -0.25) is 9.59 Å². The summed E-state index contributed by atoms with van der Waals surface area (Å²) in [7, 11) is 0. The molecule has 3 aromatic rings. The molecule has 0 N–H and O–H groups in total. The van der Waals surface area contributed by atoms with Crippen LogP contribution in [-0.2, 0) is 11.2 Å². The van der Waals surface area contributed by atoms with Gasteiger partial charge >= 0.3 is 0 Å². The zero-order chi connectivity index (χ0) is 24.4. The first-order valence-electron chi connectivity index (χ1n) is 11.8.